The number of carboxylic acid groups (broad SMARTS) is 2. The van der Waals surface area contributed by atoms with Crippen molar-refractivity contribution >= 4 is 29.2 Å². The predicted octanol–water partition coefficient (Wildman–Crippen LogP) is 2.49. The number of hydrogen-bond acceptors (Lipinski definition) is 3. The quantitative estimate of drug-likeness (QED) is 0.767. The van der Waals surface area contributed by atoms with Crippen molar-refractivity contribution in [2.45, 2.75) is 19.3 Å². The Morgan fingerprint density at radius 1 is 1.00 bits per heavy atom. The van der Waals surface area contributed by atoms with Gasteiger partial charge in [-0.2, -0.15) is 0 Å². The first kappa shape index (κ1) is 15.3. The smallest absolute Gasteiger partial charge is 0.305 e. The van der Waals surface area contributed by atoms with Gasteiger partial charge in [0.2, 0.25) is 0 Å². The van der Waals surface area contributed by atoms with Gasteiger partial charge in [-0.05, 0) is 30.7 Å². The zero-order valence-corrected chi connectivity index (χ0v) is 11.1. The van der Waals surface area contributed by atoms with Crippen LogP contribution < -0.4 is 4.90 Å². The third-order valence-electron chi connectivity index (χ3n) is 2.61. The average molecular weight is 286 g/mol. The molecule has 5 nitrogen and oxygen atoms in total. The largest absolute Gasteiger partial charge is 0.481 e. The van der Waals surface area contributed by atoms with Crippen LogP contribution >= 0.6 is 11.6 Å². The summed E-state index contributed by atoms with van der Waals surface area (Å²) in [5, 5.41) is 18.0. The van der Waals surface area contributed by atoms with Crippen LogP contribution in [-0.2, 0) is 9.59 Å². The number of nitrogens with zero attached hydrogens (tertiary/aromatic N) is 1. The molecule has 0 saturated heterocycles. The Labute approximate surface area is 116 Å². The second kappa shape index (κ2) is 7.63. The molecule has 0 amide bonds. The molecule has 1 aromatic rings. The molecule has 6 heteroatoms. The molecule has 0 heterocycles. The minimum Gasteiger partial charge on any atom is -0.481 e. The fourth-order valence-electron chi connectivity index (χ4n) is 1.67. The molecule has 1 rings (SSSR count). The number of benzene rings is 1. The number of carboxylic acids is 2. The van der Waals surface area contributed by atoms with Gasteiger partial charge in [-0.15, -0.1) is 0 Å². The van der Waals surface area contributed by atoms with Gasteiger partial charge in [0, 0.05) is 30.2 Å². The van der Waals surface area contributed by atoms with Crippen LogP contribution in [0.15, 0.2) is 24.3 Å². The fraction of sp³-hybridized carbons (Fsp3) is 0.385. The van der Waals surface area contributed by atoms with E-state index in [4.69, 9.17) is 21.8 Å². The van der Waals surface area contributed by atoms with Gasteiger partial charge in [0.15, 0.2) is 0 Å². The molecular formula is C13H16ClNO4. The molecule has 104 valence electrons. The topological polar surface area (TPSA) is 77.8 Å². The lowest BCUT2D eigenvalue weighted by Gasteiger charge is -2.24. The Hall–Kier alpha value is -1.75. The minimum atomic E-state index is -0.878. The van der Waals surface area contributed by atoms with Gasteiger partial charge in [0.1, 0.15) is 0 Å². The Balaban J connectivity index is 2.64. The first-order valence-electron chi connectivity index (χ1n) is 5.93. The SMILES string of the molecule is O=C(O)CCCN(CCC(=O)O)c1ccc(Cl)cc1. The molecule has 0 fully saturated rings. The maximum Gasteiger partial charge on any atom is 0.305 e. The fourth-order valence-corrected chi connectivity index (χ4v) is 1.80. The number of anilines is 1. The molecule has 2 N–H and O–H groups in total. The monoisotopic (exact) mass is 285 g/mol. The third-order valence-corrected chi connectivity index (χ3v) is 2.86. The standard InChI is InChI=1S/C13H16ClNO4/c14-10-3-5-11(6-4-10)15(9-7-13(18)19)8-1-2-12(16)17/h3-6H,1-2,7-9H2,(H,16,17)(H,18,19). The van der Waals surface area contributed by atoms with Crippen LogP contribution in [0.2, 0.25) is 5.02 Å². The molecule has 0 spiro atoms. The number of hydrogen-bond donors (Lipinski definition) is 2. The third kappa shape index (κ3) is 6.10. The summed E-state index contributed by atoms with van der Waals surface area (Å²) >= 11 is 5.80. The van der Waals surface area contributed by atoms with Crippen molar-refractivity contribution in [2.75, 3.05) is 18.0 Å². The first-order valence-corrected chi connectivity index (χ1v) is 6.31. The summed E-state index contributed by atoms with van der Waals surface area (Å²) in [6, 6.07) is 7.04. The van der Waals surface area contributed by atoms with Crippen LogP contribution in [0.3, 0.4) is 0 Å². The zero-order chi connectivity index (χ0) is 14.3. The number of rotatable bonds is 8. The minimum absolute atomic E-state index is 0.00962. The highest BCUT2D eigenvalue weighted by atomic mass is 35.5. The molecule has 19 heavy (non-hydrogen) atoms. The lowest BCUT2D eigenvalue weighted by molar-refractivity contribution is -0.138. The summed E-state index contributed by atoms with van der Waals surface area (Å²) in [5.41, 5.74) is 0.844. The molecular weight excluding hydrogens is 270 g/mol. The van der Waals surface area contributed by atoms with Crippen LogP contribution in [0, 0.1) is 0 Å². The van der Waals surface area contributed by atoms with Crippen molar-refractivity contribution in [3.8, 4) is 0 Å². The lowest BCUT2D eigenvalue weighted by atomic mass is 10.2. The number of aliphatic carboxylic acids is 2. The van der Waals surface area contributed by atoms with Gasteiger partial charge in [0.05, 0.1) is 6.42 Å². The van der Waals surface area contributed by atoms with Gasteiger partial charge in [-0.1, -0.05) is 11.6 Å². The van der Waals surface area contributed by atoms with Gasteiger partial charge < -0.3 is 15.1 Å². The molecule has 1 aromatic carbocycles. The highest BCUT2D eigenvalue weighted by Crippen LogP contribution is 2.18. The van der Waals surface area contributed by atoms with Gasteiger partial charge in [-0.25, -0.2) is 0 Å². The Morgan fingerprint density at radius 3 is 2.11 bits per heavy atom. The maximum atomic E-state index is 10.6. The van der Waals surface area contributed by atoms with E-state index in [9.17, 15) is 9.59 Å². The second-order valence-electron chi connectivity index (χ2n) is 4.10. The van der Waals surface area contributed by atoms with Crippen molar-refractivity contribution in [3.05, 3.63) is 29.3 Å². The molecule has 0 aliphatic carbocycles. The van der Waals surface area contributed by atoms with Crippen LogP contribution in [0.1, 0.15) is 19.3 Å². The zero-order valence-electron chi connectivity index (χ0n) is 10.4. The highest BCUT2D eigenvalue weighted by Gasteiger charge is 2.09. The van der Waals surface area contributed by atoms with E-state index in [1.807, 2.05) is 4.90 Å². The van der Waals surface area contributed by atoms with Crippen molar-refractivity contribution in [1.29, 1.82) is 0 Å². The van der Waals surface area contributed by atoms with Crippen molar-refractivity contribution in [1.82, 2.24) is 0 Å². The number of carbonyl (C=O) groups is 2. The Kier molecular flexibility index (Phi) is 6.15. The summed E-state index contributed by atoms with van der Waals surface area (Å²) in [7, 11) is 0. The van der Waals surface area contributed by atoms with E-state index in [-0.39, 0.29) is 12.8 Å². The van der Waals surface area contributed by atoms with Crippen LogP contribution in [0.25, 0.3) is 0 Å². The molecule has 0 aromatic heterocycles. The molecule has 0 aliphatic heterocycles. The van der Waals surface area contributed by atoms with Gasteiger partial charge >= 0.3 is 11.9 Å². The maximum absolute atomic E-state index is 10.6. The molecule has 0 atom stereocenters. The first-order chi connectivity index (χ1) is 8.99. The van der Waals surface area contributed by atoms with E-state index in [1.54, 1.807) is 24.3 Å². The van der Waals surface area contributed by atoms with E-state index in [1.165, 1.54) is 0 Å². The van der Waals surface area contributed by atoms with Gasteiger partial charge in [-0.3, -0.25) is 9.59 Å². The molecule has 0 aliphatic rings. The second-order valence-corrected chi connectivity index (χ2v) is 4.54. The summed E-state index contributed by atoms with van der Waals surface area (Å²) in [6.07, 6.45) is 0.546. The van der Waals surface area contributed by atoms with E-state index in [0.717, 1.165) is 5.69 Å². The highest BCUT2D eigenvalue weighted by molar-refractivity contribution is 6.30. The number of halogens is 1. The van der Waals surface area contributed by atoms with Crippen LogP contribution in [0.5, 0.6) is 0 Å². The van der Waals surface area contributed by atoms with Crippen molar-refractivity contribution < 1.29 is 19.8 Å². The summed E-state index contributed by atoms with van der Waals surface area (Å²) < 4.78 is 0. The predicted molar refractivity (Wildman–Crippen MR) is 72.8 cm³/mol. The average Bonchev–Trinajstić information content (AvgIpc) is 2.34. The Morgan fingerprint density at radius 2 is 1.58 bits per heavy atom. The summed E-state index contributed by atoms with van der Waals surface area (Å²) in [4.78, 5) is 23.0. The summed E-state index contributed by atoms with van der Waals surface area (Å²) in [5.74, 6) is -1.73. The van der Waals surface area contributed by atoms with E-state index in [2.05, 4.69) is 0 Å². The summed E-state index contributed by atoms with van der Waals surface area (Å²) in [6.45, 7) is 0.845. The molecule has 0 radical (unpaired) electrons. The lowest BCUT2D eigenvalue weighted by Crippen LogP contribution is -2.27. The molecule has 0 saturated carbocycles. The normalized spacial score (nSPS) is 10.2. The van der Waals surface area contributed by atoms with Crippen molar-refractivity contribution in [2.24, 2.45) is 0 Å². The Bertz CT molecular complexity index is 433. The van der Waals surface area contributed by atoms with E-state index < -0.39 is 11.9 Å². The van der Waals surface area contributed by atoms with Crippen LogP contribution in [0.4, 0.5) is 5.69 Å². The van der Waals surface area contributed by atoms with E-state index >= 15 is 0 Å². The van der Waals surface area contributed by atoms with E-state index in [0.29, 0.717) is 24.5 Å². The van der Waals surface area contributed by atoms with Crippen LogP contribution in [-0.4, -0.2) is 35.2 Å². The van der Waals surface area contributed by atoms with Gasteiger partial charge in [0.25, 0.3) is 0 Å². The molecule has 0 unspecified atom stereocenters. The molecule has 0 bridgehead atoms. The van der Waals surface area contributed by atoms with Crippen molar-refractivity contribution in [3.63, 3.8) is 0 Å².